The number of benzene rings is 2. The summed E-state index contributed by atoms with van der Waals surface area (Å²) < 4.78 is 5.43. The number of H-pyrrole nitrogens is 1. The second-order valence-corrected chi connectivity index (χ2v) is 7.81. The fourth-order valence-corrected chi connectivity index (χ4v) is 4.82. The molecule has 0 atom stereocenters. The number of hydrogen-bond acceptors (Lipinski definition) is 3. The monoisotopic (exact) mass is 375 g/mol. The highest BCUT2D eigenvalue weighted by atomic mass is 16.5. The van der Waals surface area contributed by atoms with Crippen molar-refractivity contribution >= 4 is 16.8 Å². The van der Waals surface area contributed by atoms with Crippen molar-refractivity contribution in [3.8, 4) is 5.75 Å². The number of hydrogen-bond donors (Lipinski definition) is 2. The maximum absolute atomic E-state index is 12.8. The minimum Gasteiger partial charge on any atom is -0.497 e. The van der Waals surface area contributed by atoms with Gasteiger partial charge in [-0.1, -0.05) is 18.2 Å². The predicted molar refractivity (Wildman–Crippen MR) is 110 cm³/mol. The van der Waals surface area contributed by atoms with Crippen LogP contribution in [0.5, 0.6) is 5.75 Å². The molecule has 144 valence electrons. The summed E-state index contributed by atoms with van der Waals surface area (Å²) in [4.78, 5) is 18.5. The SMILES string of the molecule is COc1ccc2[nH]c3c(c2c1)CCNC31CCN(C(=O)c2ccccc2)CC1. The van der Waals surface area contributed by atoms with Crippen LogP contribution in [0.3, 0.4) is 0 Å². The van der Waals surface area contributed by atoms with Gasteiger partial charge in [0.2, 0.25) is 0 Å². The molecule has 0 unspecified atom stereocenters. The number of aromatic nitrogens is 1. The second kappa shape index (κ2) is 6.67. The molecule has 2 aliphatic rings. The molecule has 5 nitrogen and oxygen atoms in total. The van der Waals surface area contributed by atoms with Crippen molar-refractivity contribution in [1.29, 1.82) is 0 Å². The first-order chi connectivity index (χ1) is 13.7. The summed E-state index contributed by atoms with van der Waals surface area (Å²) >= 11 is 0. The van der Waals surface area contributed by atoms with Crippen LogP contribution in [0.15, 0.2) is 48.5 Å². The zero-order valence-corrected chi connectivity index (χ0v) is 16.1. The Kier molecular flexibility index (Phi) is 4.13. The molecule has 3 aromatic rings. The lowest BCUT2D eigenvalue weighted by Crippen LogP contribution is -2.55. The third-order valence-corrected chi connectivity index (χ3v) is 6.36. The second-order valence-electron chi connectivity index (χ2n) is 7.81. The van der Waals surface area contributed by atoms with E-state index in [1.165, 1.54) is 16.6 Å². The van der Waals surface area contributed by atoms with Crippen molar-refractivity contribution < 1.29 is 9.53 Å². The maximum atomic E-state index is 12.8. The minimum atomic E-state index is -0.0761. The molecule has 1 aromatic heterocycles. The third-order valence-electron chi connectivity index (χ3n) is 6.36. The van der Waals surface area contributed by atoms with Gasteiger partial charge in [-0.25, -0.2) is 0 Å². The molecule has 0 bridgehead atoms. The Morgan fingerprint density at radius 3 is 2.64 bits per heavy atom. The van der Waals surface area contributed by atoms with E-state index < -0.39 is 0 Å². The molecule has 1 spiro atoms. The highest BCUT2D eigenvalue weighted by Crippen LogP contribution is 2.41. The van der Waals surface area contributed by atoms with Gasteiger partial charge in [-0.15, -0.1) is 0 Å². The van der Waals surface area contributed by atoms with Crippen molar-refractivity contribution in [3.63, 3.8) is 0 Å². The summed E-state index contributed by atoms with van der Waals surface area (Å²) in [5, 5.41) is 5.04. The van der Waals surface area contributed by atoms with E-state index in [4.69, 9.17) is 4.74 Å². The van der Waals surface area contributed by atoms with Gasteiger partial charge in [0.1, 0.15) is 5.75 Å². The highest BCUT2D eigenvalue weighted by Gasteiger charge is 2.42. The number of piperidine rings is 1. The van der Waals surface area contributed by atoms with Crippen LogP contribution in [-0.2, 0) is 12.0 Å². The van der Waals surface area contributed by atoms with Crippen molar-refractivity contribution in [2.24, 2.45) is 0 Å². The van der Waals surface area contributed by atoms with E-state index in [1.54, 1.807) is 7.11 Å². The molecule has 5 heteroatoms. The largest absolute Gasteiger partial charge is 0.497 e. The van der Waals surface area contributed by atoms with Gasteiger partial charge in [-0.2, -0.15) is 0 Å². The lowest BCUT2D eigenvalue weighted by atomic mass is 9.79. The van der Waals surface area contributed by atoms with E-state index in [9.17, 15) is 4.79 Å². The fraction of sp³-hybridized carbons (Fsp3) is 0.348. The zero-order valence-electron chi connectivity index (χ0n) is 16.1. The van der Waals surface area contributed by atoms with Gasteiger partial charge < -0.3 is 19.9 Å². The van der Waals surface area contributed by atoms with Crippen molar-refractivity contribution in [2.75, 3.05) is 26.7 Å². The number of amides is 1. The Morgan fingerprint density at radius 1 is 1.11 bits per heavy atom. The van der Waals surface area contributed by atoms with Crippen molar-refractivity contribution in [3.05, 3.63) is 65.4 Å². The first-order valence-corrected chi connectivity index (χ1v) is 9.99. The lowest BCUT2D eigenvalue weighted by molar-refractivity contribution is 0.0627. The predicted octanol–water partition coefficient (Wildman–Crippen LogP) is 3.45. The van der Waals surface area contributed by atoms with Crippen LogP contribution in [0.2, 0.25) is 0 Å². The summed E-state index contributed by atoms with van der Waals surface area (Å²) in [6.07, 6.45) is 2.85. The van der Waals surface area contributed by atoms with E-state index >= 15 is 0 Å². The third kappa shape index (κ3) is 2.69. The van der Waals surface area contributed by atoms with Crippen LogP contribution in [0.25, 0.3) is 10.9 Å². The number of ether oxygens (including phenoxy) is 1. The Hall–Kier alpha value is -2.79. The van der Waals surface area contributed by atoms with Gasteiger partial charge in [0.05, 0.1) is 12.6 Å². The number of aromatic amines is 1. The van der Waals surface area contributed by atoms with E-state index in [-0.39, 0.29) is 11.4 Å². The van der Waals surface area contributed by atoms with Crippen LogP contribution < -0.4 is 10.1 Å². The molecule has 2 N–H and O–H groups in total. The maximum Gasteiger partial charge on any atom is 0.253 e. The quantitative estimate of drug-likeness (QED) is 0.721. The minimum absolute atomic E-state index is 0.0761. The number of nitrogens with one attached hydrogen (secondary N) is 2. The molecule has 2 aliphatic heterocycles. The van der Waals surface area contributed by atoms with Gasteiger partial charge in [-0.3, -0.25) is 4.79 Å². The van der Waals surface area contributed by atoms with E-state index in [2.05, 4.69) is 22.4 Å². The Balaban J connectivity index is 1.43. The van der Waals surface area contributed by atoms with Crippen molar-refractivity contribution in [1.82, 2.24) is 15.2 Å². The summed E-state index contributed by atoms with van der Waals surface area (Å²) in [6, 6.07) is 15.8. The molecule has 5 rings (SSSR count). The molecular weight excluding hydrogens is 350 g/mol. The average molecular weight is 375 g/mol. The van der Waals surface area contributed by atoms with Gasteiger partial charge in [0, 0.05) is 41.8 Å². The number of methoxy groups -OCH3 is 1. The molecular formula is C23H25N3O2. The molecule has 2 aromatic carbocycles. The zero-order chi connectivity index (χ0) is 19.1. The van der Waals surface area contributed by atoms with Gasteiger partial charge in [-0.05, 0) is 55.2 Å². The number of rotatable bonds is 2. The highest BCUT2D eigenvalue weighted by molar-refractivity contribution is 5.94. The number of fused-ring (bicyclic) bond motifs is 4. The topological polar surface area (TPSA) is 57.4 Å². The molecule has 0 aliphatic carbocycles. The van der Waals surface area contributed by atoms with E-state index in [1.807, 2.05) is 41.3 Å². The van der Waals surface area contributed by atoms with Crippen LogP contribution in [0, 0.1) is 0 Å². The molecule has 1 fully saturated rings. The first-order valence-electron chi connectivity index (χ1n) is 9.99. The number of carbonyl (C=O) groups excluding carboxylic acids is 1. The van der Waals surface area contributed by atoms with Gasteiger partial charge >= 0.3 is 0 Å². The fourth-order valence-electron chi connectivity index (χ4n) is 4.82. The Labute approximate surface area is 164 Å². The van der Waals surface area contributed by atoms with E-state index in [0.717, 1.165) is 55.7 Å². The van der Waals surface area contributed by atoms with Gasteiger partial charge in [0.25, 0.3) is 5.91 Å². The molecule has 3 heterocycles. The van der Waals surface area contributed by atoms with E-state index in [0.29, 0.717) is 0 Å². The standard InChI is InChI=1S/C23H25N3O2/c1-28-17-7-8-20-19(15-17)18-9-12-24-23(21(18)25-20)10-13-26(14-11-23)22(27)16-5-3-2-4-6-16/h2-8,15,24-25H,9-14H2,1H3. The molecule has 0 radical (unpaired) electrons. The molecule has 0 saturated carbocycles. The summed E-state index contributed by atoms with van der Waals surface area (Å²) in [6.45, 7) is 2.49. The average Bonchev–Trinajstić information content (AvgIpc) is 3.14. The normalized spacial score (nSPS) is 18.2. The molecule has 28 heavy (non-hydrogen) atoms. The van der Waals surface area contributed by atoms with Gasteiger partial charge in [0.15, 0.2) is 0 Å². The lowest BCUT2D eigenvalue weighted by Gasteiger charge is -2.44. The van der Waals surface area contributed by atoms with Crippen molar-refractivity contribution in [2.45, 2.75) is 24.8 Å². The molecule has 1 amide bonds. The number of carbonyl (C=O) groups is 1. The first kappa shape index (κ1) is 17.3. The Morgan fingerprint density at radius 2 is 1.89 bits per heavy atom. The number of nitrogens with zero attached hydrogens (tertiary/aromatic N) is 1. The van der Waals surface area contributed by atoms with Crippen LogP contribution in [0.4, 0.5) is 0 Å². The summed E-state index contributed by atoms with van der Waals surface area (Å²) in [5.74, 6) is 1.03. The summed E-state index contributed by atoms with van der Waals surface area (Å²) in [5.41, 5.74) is 4.56. The summed E-state index contributed by atoms with van der Waals surface area (Å²) in [7, 11) is 1.71. The molecule has 1 saturated heterocycles. The number of likely N-dealkylation sites (tertiary alicyclic amines) is 1. The van der Waals surface area contributed by atoms with Crippen LogP contribution >= 0.6 is 0 Å². The van der Waals surface area contributed by atoms with Crippen LogP contribution in [0.1, 0.15) is 34.5 Å². The smallest absolute Gasteiger partial charge is 0.253 e. The Bertz CT molecular complexity index is 1020. The van der Waals surface area contributed by atoms with Crippen LogP contribution in [-0.4, -0.2) is 42.5 Å².